The second-order valence-corrected chi connectivity index (χ2v) is 8.83. The van der Waals surface area contributed by atoms with Crippen LogP contribution in [0.15, 0.2) is 64.9 Å². The number of benzene rings is 2. The molecular weight excluding hydrogens is 415 g/mol. The highest BCUT2D eigenvalue weighted by Crippen LogP contribution is 2.32. The van der Waals surface area contributed by atoms with Gasteiger partial charge in [-0.05, 0) is 47.3 Å². The smallest absolute Gasteiger partial charge is 0.245 e. The van der Waals surface area contributed by atoms with Crippen molar-refractivity contribution in [2.24, 2.45) is 0 Å². The number of thiophene rings is 1. The van der Waals surface area contributed by atoms with Crippen molar-refractivity contribution in [3.8, 4) is 5.75 Å². The van der Waals surface area contributed by atoms with Crippen LogP contribution in [-0.4, -0.2) is 21.4 Å². The van der Waals surface area contributed by atoms with E-state index in [-0.39, 0.29) is 16.6 Å². The molecule has 1 aromatic heterocycles. The average Bonchev–Trinajstić information content (AvgIpc) is 3.21. The molecule has 0 radical (unpaired) electrons. The van der Waals surface area contributed by atoms with E-state index < -0.39 is 21.9 Å². The van der Waals surface area contributed by atoms with Gasteiger partial charge in [0.15, 0.2) is 0 Å². The first-order chi connectivity index (χ1) is 13.8. The summed E-state index contributed by atoms with van der Waals surface area (Å²) in [5.41, 5.74) is 0.919. The van der Waals surface area contributed by atoms with Crippen molar-refractivity contribution in [3.63, 3.8) is 0 Å². The van der Waals surface area contributed by atoms with Crippen molar-refractivity contribution in [1.82, 2.24) is 4.72 Å². The van der Waals surface area contributed by atoms with Gasteiger partial charge in [0.2, 0.25) is 15.9 Å². The lowest BCUT2D eigenvalue weighted by molar-refractivity contribution is -0.114. The predicted molar refractivity (Wildman–Crippen MR) is 110 cm³/mol. The SMILES string of the molecule is COc1ccc(NC(C)=O)cc1S(=O)(=O)NC(c1ccc(F)cc1)c1cccs1. The van der Waals surface area contributed by atoms with E-state index in [9.17, 15) is 17.6 Å². The number of amides is 1. The summed E-state index contributed by atoms with van der Waals surface area (Å²) in [5.74, 6) is -0.601. The van der Waals surface area contributed by atoms with Crippen LogP contribution >= 0.6 is 11.3 Å². The summed E-state index contributed by atoms with van der Waals surface area (Å²) in [7, 11) is -2.69. The number of carbonyl (C=O) groups is 1. The van der Waals surface area contributed by atoms with Crippen LogP contribution in [0.25, 0.3) is 0 Å². The second kappa shape index (κ2) is 8.73. The van der Waals surface area contributed by atoms with Crippen LogP contribution in [0.2, 0.25) is 0 Å². The Morgan fingerprint density at radius 1 is 1.14 bits per heavy atom. The summed E-state index contributed by atoms with van der Waals surface area (Å²) in [6.07, 6.45) is 0. The largest absolute Gasteiger partial charge is 0.495 e. The molecule has 9 heteroatoms. The molecule has 3 rings (SSSR count). The van der Waals surface area contributed by atoms with E-state index in [1.165, 1.54) is 61.8 Å². The number of methoxy groups -OCH3 is 1. The van der Waals surface area contributed by atoms with Crippen molar-refractivity contribution in [2.75, 3.05) is 12.4 Å². The van der Waals surface area contributed by atoms with E-state index in [0.29, 0.717) is 11.3 Å². The van der Waals surface area contributed by atoms with E-state index in [4.69, 9.17) is 4.74 Å². The molecule has 1 atom stereocenters. The van der Waals surface area contributed by atoms with Gasteiger partial charge in [-0.2, -0.15) is 4.72 Å². The molecule has 0 saturated heterocycles. The van der Waals surface area contributed by atoms with Gasteiger partial charge in [-0.1, -0.05) is 18.2 Å². The fourth-order valence-corrected chi connectivity index (χ4v) is 5.06. The first-order valence-corrected chi connectivity index (χ1v) is 10.9. The lowest BCUT2D eigenvalue weighted by Gasteiger charge is -2.20. The molecule has 0 saturated carbocycles. The molecule has 0 aliphatic carbocycles. The number of sulfonamides is 1. The fraction of sp³-hybridized carbons (Fsp3) is 0.150. The van der Waals surface area contributed by atoms with Crippen LogP contribution < -0.4 is 14.8 Å². The van der Waals surface area contributed by atoms with Gasteiger partial charge in [0, 0.05) is 17.5 Å². The molecule has 2 N–H and O–H groups in total. The summed E-state index contributed by atoms with van der Waals surface area (Å²) in [4.78, 5) is 12.0. The standard InChI is InChI=1S/C20H19FN2O4S2/c1-13(24)22-16-9-10-17(27-2)19(12-16)29(25,26)23-20(18-4-3-11-28-18)14-5-7-15(21)8-6-14/h3-12,20,23H,1-2H3,(H,22,24). The Balaban J connectivity index is 2.03. The quantitative estimate of drug-likeness (QED) is 0.590. The molecule has 0 bridgehead atoms. The average molecular weight is 435 g/mol. The molecular formula is C20H19FN2O4S2. The van der Waals surface area contributed by atoms with Crippen molar-refractivity contribution >= 4 is 33.0 Å². The Kier molecular flexibility index (Phi) is 6.31. The molecule has 1 amide bonds. The monoisotopic (exact) mass is 434 g/mol. The summed E-state index contributed by atoms with van der Waals surface area (Å²) in [6, 6.07) is 12.9. The normalized spacial score (nSPS) is 12.4. The highest BCUT2D eigenvalue weighted by atomic mass is 32.2. The molecule has 0 fully saturated rings. The first kappa shape index (κ1) is 21.0. The zero-order valence-corrected chi connectivity index (χ0v) is 17.3. The van der Waals surface area contributed by atoms with Gasteiger partial charge in [-0.3, -0.25) is 4.79 Å². The maximum absolute atomic E-state index is 13.4. The van der Waals surface area contributed by atoms with Gasteiger partial charge in [0.1, 0.15) is 16.5 Å². The summed E-state index contributed by atoms with van der Waals surface area (Å²) in [6.45, 7) is 1.33. The van der Waals surface area contributed by atoms with Gasteiger partial charge < -0.3 is 10.1 Å². The number of ether oxygens (including phenoxy) is 1. The van der Waals surface area contributed by atoms with Crippen LogP contribution in [0.1, 0.15) is 23.4 Å². The Morgan fingerprint density at radius 2 is 1.86 bits per heavy atom. The third-order valence-corrected chi connectivity index (χ3v) is 6.46. The van der Waals surface area contributed by atoms with E-state index in [1.807, 2.05) is 11.4 Å². The molecule has 6 nitrogen and oxygen atoms in total. The Labute approximate surface area is 172 Å². The van der Waals surface area contributed by atoms with Gasteiger partial charge >= 0.3 is 0 Å². The Morgan fingerprint density at radius 3 is 2.45 bits per heavy atom. The number of hydrogen-bond donors (Lipinski definition) is 2. The highest BCUT2D eigenvalue weighted by Gasteiger charge is 2.27. The number of carbonyl (C=O) groups excluding carboxylic acids is 1. The minimum atomic E-state index is -4.06. The number of anilines is 1. The molecule has 1 heterocycles. The number of nitrogens with one attached hydrogen (secondary N) is 2. The van der Waals surface area contributed by atoms with E-state index in [1.54, 1.807) is 12.1 Å². The minimum absolute atomic E-state index is 0.116. The number of halogens is 1. The van der Waals surface area contributed by atoms with Crippen LogP contribution in [0.3, 0.4) is 0 Å². The lowest BCUT2D eigenvalue weighted by Crippen LogP contribution is -2.29. The maximum atomic E-state index is 13.4. The van der Waals surface area contributed by atoms with Crippen molar-refractivity contribution in [2.45, 2.75) is 17.9 Å². The molecule has 0 spiro atoms. The Bertz CT molecular complexity index is 1100. The molecule has 0 aliphatic heterocycles. The first-order valence-electron chi connectivity index (χ1n) is 8.57. The number of hydrogen-bond acceptors (Lipinski definition) is 5. The minimum Gasteiger partial charge on any atom is -0.495 e. The molecule has 2 aromatic carbocycles. The zero-order chi connectivity index (χ0) is 21.0. The zero-order valence-electron chi connectivity index (χ0n) is 15.7. The third-order valence-electron chi connectivity index (χ3n) is 4.08. The summed E-state index contributed by atoms with van der Waals surface area (Å²) >= 11 is 1.38. The third kappa shape index (κ3) is 5.00. The van der Waals surface area contributed by atoms with Crippen LogP contribution in [0, 0.1) is 5.82 Å². The van der Waals surface area contributed by atoms with E-state index in [0.717, 1.165) is 4.88 Å². The number of rotatable bonds is 7. The fourth-order valence-electron chi connectivity index (χ4n) is 2.79. The van der Waals surface area contributed by atoms with Crippen molar-refractivity contribution in [1.29, 1.82) is 0 Å². The maximum Gasteiger partial charge on any atom is 0.245 e. The van der Waals surface area contributed by atoms with Gasteiger partial charge in [0.25, 0.3) is 0 Å². The van der Waals surface area contributed by atoms with Crippen molar-refractivity contribution < 1.29 is 22.3 Å². The molecule has 3 aromatic rings. The van der Waals surface area contributed by atoms with Crippen LogP contribution in [-0.2, 0) is 14.8 Å². The summed E-state index contributed by atoms with van der Waals surface area (Å²) in [5, 5.41) is 4.39. The topological polar surface area (TPSA) is 84.5 Å². The Hall–Kier alpha value is -2.75. The van der Waals surface area contributed by atoms with Gasteiger partial charge in [0.05, 0.1) is 13.2 Å². The highest BCUT2D eigenvalue weighted by molar-refractivity contribution is 7.89. The lowest BCUT2D eigenvalue weighted by atomic mass is 10.1. The predicted octanol–water partition coefficient (Wildman–Crippen LogP) is 3.92. The molecule has 1 unspecified atom stereocenters. The van der Waals surface area contributed by atoms with Gasteiger partial charge in [-0.25, -0.2) is 12.8 Å². The van der Waals surface area contributed by atoms with Gasteiger partial charge in [-0.15, -0.1) is 11.3 Å². The molecule has 152 valence electrons. The summed E-state index contributed by atoms with van der Waals surface area (Å²) < 4.78 is 47.7. The molecule has 29 heavy (non-hydrogen) atoms. The van der Waals surface area contributed by atoms with Crippen molar-refractivity contribution in [3.05, 3.63) is 76.2 Å². The van der Waals surface area contributed by atoms with E-state index >= 15 is 0 Å². The van der Waals surface area contributed by atoms with E-state index in [2.05, 4.69) is 10.0 Å². The molecule has 0 aliphatic rings. The van der Waals surface area contributed by atoms with Crippen LogP contribution in [0.4, 0.5) is 10.1 Å². The van der Waals surface area contributed by atoms with Crippen LogP contribution in [0.5, 0.6) is 5.75 Å². The second-order valence-electron chi connectivity index (χ2n) is 6.17.